The van der Waals surface area contributed by atoms with Gasteiger partial charge in [0.05, 0.1) is 23.5 Å². The van der Waals surface area contributed by atoms with Crippen molar-refractivity contribution in [1.82, 2.24) is 19.5 Å². The number of aromatic hydroxyl groups is 1. The van der Waals surface area contributed by atoms with Gasteiger partial charge in [0, 0.05) is 31.3 Å². The number of nitrogens with zero attached hydrogens (tertiary/aromatic N) is 4. The molecule has 7 nitrogen and oxygen atoms in total. The number of hydrogen-bond donors (Lipinski definition) is 2. The Morgan fingerprint density at radius 3 is 2.79 bits per heavy atom. The van der Waals surface area contributed by atoms with Crippen molar-refractivity contribution in [3.05, 3.63) is 70.8 Å². The molecule has 2 aromatic carbocycles. The predicted octanol–water partition coefficient (Wildman–Crippen LogP) is 5.20. The number of fused-ring (bicyclic) bond motifs is 1. The van der Waals surface area contributed by atoms with Gasteiger partial charge in [-0.25, -0.2) is 4.98 Å². The normalized spacial score (nSPS) is 16.6. The van der Waals surface area contributed by atoms with Gasteiger partial charge >= 0.3 is 0 Å². The lowest BCUT2D eigenvalue weighted by Crippen LogP contribution is -2.37. The molecule has 0 bridgehead atoms. The second-order valence-electron chi connectivity index (χ2n) is 8.74. The van der Waals surface area contributed by atoms with Gasteiger partial charge in [-0.05, 0) is 71.1 Å². The molecular weight excluding hydrogens is 494 g/mol. The van der Waals surface area contributed by atoms with Crippen molar-refractivity contribution in [1.29, 1.82) is 0 Å². The zero-order valence-electron chi connectivity index (χ0n) is 19.1. The van der Waals surface area contributed by atoms with Crippen LogP contribution in [0.1, 0.15) is 18.4 Å². The van der Waals surface area contributed by atoms with Crippen LogP contribution in [0.3, 0.4) is 0 Å². The zero-order chi connectivity index (χ0) is 23.5. The maximum atomic E-state index is 10.4. The number of likely N-dealkylation sites (tertiary alicyclic amines) is 1. The Kier molecular flexibility index (Phi) is 6.69. The number of benzene rings is 2. The second kappa shape index (κ2) is 10.0. The fourth-order valence-electron chi connectivity index (χ4n) is 4.59. The molecule has 0 saturated carbocycles. The number of halogens is 1. The molecule has 2 aromatic heterocycles. The predicted molar refractivity (Wildman–Crippen MR) is 137 cm³/mol. The number of methoxy groups -OCH3 is 1. The van der Waals surface area contributed by atoms with Gasteiger partial charge < -0.3 is 15.2 Å². The Balaban J connectivity index is 1.30. The molecule has 1 fully saturated rings. The lowest BCUT2D eigenvalue weighted by Gasteiger charge is -2.33. The molecule has 1 aliphatic heterocycles. The molecule has 2 N–H and O–H groups in total. The van der Waals surface area contributed by atoms with Crippen LogP contribution in [-0.4, -0.2) is 51.3 Å². The summed E-state index contributed by atoms with van der Waals surface area (Å²) in [5, 5.41) is 18.5. The Hall–Kier alpha value is -3.10. The zero-order valence-corrected chi connectivity index (χ0v) is 20.7. The number of para-hydroxylation sites is 1. The maximum Gasteiger partial charge on any atom is 0.172 e. The van der Waals surface area contributed by atoms with Crippen molar-refractivity contribution in [3.63, 3.8) is 0 Å². The third-order valence-electron chi connectivity index (χ3n) is 6.35. The van der Waals surface area contributed by atoms with Crippen LogP contribution in [0, 0.1) is 5.92 Å². The number of piperidine rings is 1. The fraction of sp³-hybridized carbons (Fsp3) is 0.308. The molecule has 3 heterocycles. The summed E-state index contributed by atoms with van der Waals surface area (Å²) >= 11 is 3.55. The Morgan fingerprint density at radius 2 is 2.00 bits per heavy atom. The molecule has 0 aliphatic carbocycles. The lowest BCUT2D eigenvalue weighted by atomic mass is 9.97. The average molecular weight is 522 g/mol. The van der Waals surface area contributed by atoms with Crippen molar-refractivity contribution >= 4 is 27.4 Å². The molecule has 1 saturated heterocycles. The summed E-state index contributed by atoms with van der Waals surface area (Å²) in [6, 6.07) is 17.6. The van der Waals surface area contributed by atoms with Crippen LogP contribution < -0.4 is 10.1 Å². The van der Waals surface area contributed by atoms with E-state index < -0.39 is 0 Å². The van der Waals surface area contributed by atoms with Crippen LogP contribution in [0.4, 0.5) is 5.82 Å². The van der Waals surface area contributed by atoms with Gasteiger partial charge in [-0.3, -0.25) is 4.90 Å². The first-order valence-electron chi connectivity index (χ1n) is 11.5. The first kappa shape index (κ1) is 22.7. The Bertz CT molecular complexity index is 1270. The van der Waals surface area contributed by atoms with Crippen molar-refractivity contribution in [3.8, 4) is 22.8 Å². The van der Waals surface area contributed by atoms with Gasteiger partial charge in [-0.1, -0.05) is 24.3 Å². The third-order valence-corrected chi connectivity index (χ3v) is 6.91. The van der Waals surface area contributed by atoms with Crippen LogP contribution in [0.15, 0.2) is 65.3 Å². The highest BCUT2D eigenvalue weighted by Crippen LogP contribution is 2.31. The molecule has 0 amide bonds. The van der Waals surface area contributed by atoms with E-state index in [4.69, 9.17) is 9.72 Å². The monoisotopic (exact) mass is 521 g/mol. The van der Waals surface area contributed by atoms with Crippen molar-refractivity contribution < 1.29 is 9.84 Å². The fourth-order valence-corrected chi connectivity index (χ4v) is 4.94. The number of phenols is 1. The van der Waals surface area contributed by atoms with E-state index in [0.29, 0.717) is 22.8 Å². The molecule has 0 radical (unpaired) electrons. The van der Waals surface area contributed by atoms with Crippen molar-refractivity contribution in [2.75, 3.05) is 32.1 Å². The number of anilines is 1. The molecule has 176 valence electrons. The van der Waals surface area contributed by atoms with E-state index in [-0.39, 0.29) is 5.75 Å². The summed E-state index contributed by atoms with van der Waals surface area (Å²) in [6.45, 7) is 3.95. The number of phenolic OH excluding ortho intramolecular Hbond substituents is 1. The SMILES string of the molecule is COc1ccc(CN2CCCC(CNc3cc(-c4ccccc4O)nc4c(Br)cnn34)C2)cc1. The van der Waals surface area contributed by atoms with Crippen LogP contribution in [0.25, 0.3) is 16.9 Å². The number of aromatic nitrogens is 3. The first-order valence-corrected chi connectivity index (χ1v) is 12.3. The number of rotatable bonds is 7. The summed E-state index contributed by atoms with van der Waals surface area (Å²) < 4.78 is 7.90. The molecule has 1 aliphatic rings. The van der Waals surface area contributed by atoms with E-state index >= 15 is 0 Å². The summed E-state index contributed by atoms with van der Waals surface area (Å²) in [5.74, 6) is 2.49. The minimum Gasteiger partial charge on any atom is -0.507 e. The molecule has 1 unspecified atom stereocenters. The highest BCUT2D eigenvalue weighted by atomic mass is 79.9. The summed E-state index contributed by atoms with van der Waals surface area (Å²) in [4.78, 5) is 7.25. The van der Waals surface area contributed by atoms with E-state index in [2.05, 4.69) is 43.4 Å². The molecule has 5 rings (SSSR count). The first-order chi connectivity index (χ1) is 16.6. The van der Waals surface area contributed by atoms with Crippen molar-refractivity contribution in [2.24, 2.45) is 5.92 Å². The van der Waals surface area contributed by atoms with Crippen LogP contribution >= 0.6 is 15.9 Å². The quantitative estimate of drug-likeness (QED) is 0.348. The summed E-state index contributed by atoms with van der Waals surface area (Å²) in [6.07, 6.45) is 4.12. The van der Waals surface area contributed by atoms with E-state index in [1.807, 2.05) is 40.9 Å². The Labute approximate surface area is 207 Å². The van der Waals surface area contributed by atoms with Crippen LogP contribution in [-0.2, 0) is 6.54 Å². The minimum atomic E-state index is 0.211. The van der Waals surface area contributed by atoms with Crippen molar-refractivity contribution in [2.45, 2.75) is 19.4 Å². The average Bonchev–Trinajstić information content (AvgIpc) is 3.24. The van der Waals surface area contributed by atoms with Gasteiger partial charge in [0.15, 0.2) is 5.65 Å². The molecular formula is C26H28BrN5O2. The molecule has 1 atom stereocenters. The number of nitrogens with one attached hydrogen (secondary N) is 1. The summed E-state index contributed by atoms with van der Waals surface area (Å²) in [7, 11) is 1.70. The second-order valence-corrected chi connectivity index (χ2v) is 9.60. The van der Waals surface area contributed by atoms with E-state index in [1.165, 1.54) is 18.4 Å². The smallest absolute Gasteiger partial charge is 0.172 e. The summed E-state index contributed by atoms with van der Waals surface area (Å²) in [5.41, 5.74) is 3.43. The van der Waals surface area contributed by atoms with Crippen LogP contribution in [0.2, 0.25) is 0 Å². The topological polar surface area (TPSA) is 74.9 Å². The highest BCUT2D eigenvalue weighted by Gasteiger charge is 2.21. The van der Waals surface area contributed by atoms with Gasteiger partial charge in [0.25, 0.3) is 0 Å². The van der Waals surface area contributed by atoms with Crippen LogP contribution in [0.5, 0.6) is 11.5 Å². The molecule has 0 spiro atoms. The largest absolute Gasteiger partial charge is 0.507 e. The lowest BCUT2D eigenvalue weighted by molar-refractivity contribution is 0.173. The van der Waals surface area contributed by atoms with Gasteiger partial charge in [0.1, 0.15) is 17.3 Å². The number of hydrogen-bond acceptors (Lipinski definition) is 6. The highest BCUT2D eigenvalue weighted by molar-refractivity contribution is 9.10. The molecule has 34 heavy (non-hydrogen) atoms. The van der Waals surface area contributed by atoms with Gasteiger partial charge in [0.2, 0.25) is 0 Å². The van der Waals surface area contributed by atoms with Gasteiger partial charge in [-0.2, -0.15) is 9.61 Å². The number of ether oxygens (including phenoxy) is 1. The third kappa shape index (κ3) is 4.88. The Morgan fingerprint density at radius 1 is 1.18 bits per heavy atom. The molecule has 4 aromatic rings. The van der Waals surface area contributed by atoms with E-state index in [9.17, 15) is 5.11 Å². The standard InChI is InChI=1S/C26H28BrN5O2/c1-34-20-10-8-18(9-11-20)16-31-12-4-5-19(17-31)14-28-25-13-23(21-6-2-3-7-24(21)33)30-26-22(27)15-29-32(25)26/h2-3,6-11,13,15,19,28,33H,4-5,12,14,16-17H2,1H3. The minimum absolute atomic E-state index is 0.211. The molecule has 8 heteroatoms. The van der Waals surface area contributed by atoms with Gasteiger partial charge in [-0.15, -0.1) is 0 Å². The maximum absolute atomic E-state index is 10.4. The van der Waals surface area contributed by atoms with E-state index in [0.717, 1.165) is 42.2 Å². The van der Waals surface area contributed by atoms with E-state index in [1.54, 1.807) is 19.4 Å².